The van der Waals surface area contributed by atoms with Crippen molar-refractivity contribution in [1.29, 1.82) is 0 Å². The average molecular weight is 371 g/mol. The molecule has 1 fully saturated rings. The minimum absolute atomic E-state index is 0.0623. The number of aromatic amines is 1. The van der Waals surface area contributed by atoms with E-state index >= 15 is 0 Å². The molecule has 27 heavy (non-hydrogen) atoms. The number of nitrogens with zero attached hydrogens (tertiary/aromatic N) is 3. The van der Waals surface area contributed by atoms with E-state index < -0.39 is 17.7 Å². The second-order valence-corrected chi connectivity index (χ2v) is 6.64. The first-order valence-corrected chi connectivity index (χ1v) is 8.66. The lowest BCUT2D eigenvalue weighted by atomic mass is 10.1. The van der Waals surface area contributed by atoms with Gasteiger partial charge in [-0.15, -0.1) is 0 Å². The van der Waals surface area contributed by atoms with Gasteiger partial charge in [0.05, 0.1) is 6.04 Å². The van der Waals surface area contributed by atoms with E-state index in [9.17, 15) is 8.78 Å². The number of rotatable bonds is 6. The molecule has 0 spiro atoms. The van der Waals surface area contributed by atoms with Crippen LogP contribution in [0.2, 0.25) is 0 Å². The van der Waals surface area contributed by atoms with Crippen molar-refractivity contribution in [3.63, 3.8) is 0 Å². The van der Waals surface area contributed by atoms with E-state index in [4.69, 9.17) is 5.73 Å². The van der Waals surface area contributed by atoms with Crippen LogP contribution in [0.25, 0.3) is 0 Å². The van der Waals surface area contributed by atoms with Gasteiger partial charge in [-0.25, -0.2) is 8.78 Å². The Labute approximate surface area is 154 Å². The van der Waals surface area contributed by atoms with Crippen molar-refractivity contribution < 1.29 is 8.78 Å². The van der Waals surface area contributed by atoms with Gasteiger partial charge in [0.15, 0.2) is 5.82 Å². The van der Waals surface area contributed by atoms with Crippen molar-refractivity contribution in [1.82, 2.24) is 20.2 Å². The predicted molar refractivity (Wildman–Crippen MR) is 98.7 cm³/mol. The SMILES string of the molecule is C[C@H](Nc1cc(Nc2cc(C3CC3)[nH]n2)nc(N)n1)c1ccc(F)cc1F. The Morgan fingerprint density at radius 3 is 2.63 bits per heavy atom. The third-order valence-electron chi connectivity index (χ3n) is 4.41. The maximum atomic E-state index is 14.0. The van der Waals surface area contributed by atoms with Crippen molar-refractivity contribution in [2.24, 2.45) is 0 Å². The molecular formula is C18H19F2N7. The van der Waals surface area contributed by atoms with Crippen LogP contribution in [0.1, 0.15) is 43.0 Å². The van der Waals surface area contributed by atoms with Crippen molar-refractivity contribution in [3.05, 3.63) is 53.2 Å². The first-order chi connectivity index (χ1) is 13.0. The molecular weight excluding hydrogens is 352 g/mol. The largest absolute Gasteiger partial charge is 0.368 e. The number of hydrogen-bond donors (Lipinski definition) is 4. The third kappa shape index (κ3) is 3.97. The molecule has 0 aliphatic heterocycles. The number of anilines is 4. The molecule has 7 nitrogen and oxygen atoms in total. The zero-order chi connectivity index (χ0) is 19.0. The Morgan fingerprint density at radius 1 is 1.11 bits per heavy atom. The van der Waals surface area contributed by atoms with Crippen LogP contribution in [-0.4, -0.2) is 20.2 Å². The molecule has 3 aromatic rings. The molecule has 0 radical (unpaired) electrons. The van der Waals surface area contributed by atoms with Crippen molar-refractivity contribution in [2.75, 3.05) is 16.4 Å². The van der Waals surface area contributed by atoms with E-state index in [1.807, 2.05) is 6.07 Å². The summed E-state index contributed by atoms with van der Waals surface area (Å²) >= 11 is 0. The second-order valence-electron chi connectivity index (χ2n) is 6.64. The molecule has 2 aromatic heterocycles. The molecule has 1 aliphatic carbocycles. The fraction of sp³-hybridized carbons (Fsp3) is 0.278. The molecule has 2 heterocycles. The lowest BCUT2D eigenvalue weighted by Crippen LogP contribution is -2.12. The summed E-state index contributed by atoms with van der Waals surface area (Å²) < 4.78 is 27.1. The van der Waals surface area contributed by atoms with Gasteiger partial charge >= 0.3 is 0 Å². The number of nitrogens with one attached hydrogen (secondary N) is 3. The molecule has 1 saturated carbocycles. The van der Waals surface area contributed by atoms with E-state index in [-0.39, 0.29) is 5.95 Å². The van der Waals surface area contributed by atoms with Crippen LogP contribution in [0.4, 0.5) is 32.2 Å². The number of hydrogen-bond acceptors (Lipinski definition) is 6. The van der Waals surface area contributed by atoms with Crippen molar-refractivity contribution >= 4 is 23.4 Å². The molecule has 0 unspecified atom stereocenters. The lowest BCUT2D eigenvalue weighted by molar-refractivity contribution is 0.566. The van der Waals surface area contributed by atoms with Crippen LogP contribution in [0.15, 0.2) is 30.3 Å². The lowest BCUT2D eigenvalue weighted by Gasteiger charge is -2.16. The van der Waals surface area contributed by atoms with Crippen LogP contribution in [0.3, 0.4) is 0 Å². The molecule has 1 aromatic carbocycles. The first kappa shape index (κ1) is 17.2. The predicted octanol–water partition coefficient (Wildman–Crippen LogP) is 3.85. The van der Waals surface area contributed by atoms with Gasteiger partial charge in [-0.05, 0) is 25.8 Å². The number of benzene rings is 1. The first-order valence-electron chi connectivity index (χ1n) is 8.66. The quantitative estimate of drug-likeness (QED) is 0.525. The number of H-pyrrole nitrogens is 1. The zero-order valence-electron chi connectivity index (χ0n) is 14.6. The number of halogens is 2. The Morgan fingerprint density at radius 2 is 1.89 bits per heavy atom. The number of nitrogen functional groups attached to an aromatic ring is 1. The van der Waals surface area contributed by atoms with Gasteiger partial charge in [0.1, 0.15) is 23.3 Å². The maximum Gasteiger partial charge on any atom is 0.223 e. The van der Waals surface area contributed by atoms with Gasteiger partial charge in [-0.3, -0.25) is 5.10 Å². The summed E-state index contributed by atoms with van der Waals surface area (Å²) in [5.74, 6) is 0.896. The van der Waals surface area contributed by atoms with E-state index in [1.54, 1.807) is 13.0 Å². The van der Waals surface area contributed by atoms with Crippen molar-refractivity contribution in [3.8, 4) is 0 Å². The standard InChI is InChI=1S/C18H19F2N7/c1-9(12-5-4-11(19)6-13(12)20)22-15-8-16(25-18(21)24-15)23-17-7-14(26-27-17)10-2-3-10/h4-10H,2-3H2,1H3,(H5,21,22,23,24,25,26,27)/t9-/m0/s1. The van der Waals surface area contributed by atoms with Gasteiger partial charge in [0.2, 0.25) is 5.95 Å². The van der Waals surface area contributed by atoms with Gasteiger partial charge in [0, 0.05) is 35.4 Å². The highest BCUT2D eigenvalue weighted by atomic mass is 19.1. The normalized spacial score (nSPS) is 14.8. The topological polar surface area (TPSA) is 105 Å². The smallest absolute Gasteiger partial charge is 0.223 e. The van der Waals surface area contributed by atoms with Crippen LogP contribution >= 0.6 is 0 Å². The highest BCUT2D eigenvalue weighted by Crippen LogP contribution is 2.39. The average Bonchev–Trinajstić information content (AvgIpc) is 3.34. The summed E-state index contributed by atoms with van der Waals surface area (Å²) in [5, 5.41) is 13.4. The van der Waals surface area contributed by atoms with Gasteiger partial charge in [-0.1, -0.05) is 6.07 Å². The summed E-state index contributed by atoms with van der Waals surface area (Å²) in [4.78, 5) is 8.27. The number of aromatic nitrogens is 4. The minimum Gasteiger partial charge on any atom is -0.368 e. The van der Waals surface area contributed by atoms with E-state index in [0.29, 0.717) is 28.9 Å². The van der Waals surface area contributed by atoms with E-state index in [0.717, 1.165) is 11.8 Å². The Balaban J connectivity index is 1.50. The fourth-order valence-electron chi connectivity index (χ4n) is 2.89. The Kier molecular flexibility index (Phi) is 4.35. The molecule has 0 bridgehead atoms. The van der Waals surface area contributed by atoms with E-state index in [1.165, 1.54) is 25.0 Å². The summed E-state index contributed by atoms with van der Waals surface area (Å²) in [5.41, 5.74) is 7.21. The highest BCUT2D eigenvalue weighted by molar-refractivity contribution is 5.59. The Bertz CT molecular complexity index is 968. The molecule has 5 N–H and O–H groups in total. The molecule has 1 atom stereocenters. The highest BCUT2D eigenvalue weighted by Gasteiger charge is 2.25. The monoisotopic (exact) mass is 371 g/mol. The van der Waals surface area contributed by atoms with Gasteiger partial charge in [-0.2, -0.15) is 15.1 Å². The van der Waals surface area contributed by atoms with Crippen LogP contribution in [0, 0.1) is 11.6 Å². The number of nitrogens with two attached hydrogens (primary N) is 1. The van der Waals surface area contributed by atoms with Gasteiger partial charge in [0.25, 0.3) is 0 Å². The Hall–Kier alpha value is -3.23. The molecule has 140 valence electrons. The minimum atomic E-state index is -0.625. The molecule has 9 heteroatoms. The van der Waals surface area contributed by atoms with Crippen LogP contribution in [-0.2, 0) is 0 Å². The summed E-state index contributed by atoms with van der Waals surface area (Å²) in [7, 11) is 0. The molecule has 1 aliphatic rings. The molecule has 4 rings (SSSR count). The maximum absolute atomic E-state index is 14.0. The van der Waals surface area contributed by atoms with E-state index in [2.05, 4.69) is 30.8 Å². The van der Waals surface area contributed by atoms with Crippen molar-refractivity contribution in [2.45, 2.75) is 31.7 Å². The fourth-order valence-corrected chi connectivity index (χ4v) is 2.89. The molecule has 0 saturated heterocycles. The van der Waals surface area contributed by atoms with Gasteiger partial charge < -0.3 is 16.4 Å². The summed E-state index contributed by atoms with van der Waals surface area (Å²) in [6.07, 6.45) is 2.35. The second kappa shape index (κ2) is 6.82. The third-order valence-corrected chi connectivity index (χ3v) is 4.41. The summed E-state index contributed by atoms with van der Waals surface area (Å²) in [6, 6.07) is 6.62. The van der Waals surface area contributed by atoms with Crippen LogP contribution in [0.5, 0.6) is 0 Å². The molecule has 0 amide bonds. The zero-order valence-corrected chi connectivity index (χ0v) is 14.6. The summed E-state index contributed by atoms with van der Waals surface area (Å²) in [6.45, 7) is 1.75. The van der Waals surface area contributed by atoms with Crippen LogP contribution < -0.4 is 16.4 Å².